The molecule has 0 radical (unpaired) electrons. The molecule has 7 nitrogen and oxygen atoms in total. The third-order valence-corrected chi connectivity index (χ3v) is 5.26. The summed E-state index contributed by atoms with van der Waals surface area (Å²) in [6, 6.07) is 20.1. The summed E-state index contributed by atoms with van der Waals surface area (Å²) in [5, 5.41) is 4.48. The van der Waals surface area contributed by atoms with E-state index in [1.165, 1.54) is 0 Å². The Labute approximate surface area is 175 Å². The van der Waals surface area contributed by atoms with Gasteiger partial charge in [0.25, 0.3) is 0 Å². The van der Waals surface area contributed by atoms with Crippen LogP contribution < -0.4 is 10.2 Å². The summed E-state index contributed by atoms with van der Waals surface area (Å²) in [6.07, 6.45) is 3.58. The van der Waals surface area contributed by atoms with E-state index < -0.39 is 0 Å². The average Bonchev–Trinajstić information content (AvgIpc) is 2.81. The molecule has 1 aliphatic rings. The molecule has 0 spiro atoms. The Hall–Kier alpha value is -3.58. The van der Waals surface area contributed by atoms with Crippen LogP contribution in [0.1, 0.15) is 5.82 Å². The normalized spacial score (nSPS) is 14.7. The van der Waals surface area contributed by atoms with E-state index in [-0.39, 0.29) is 0 Å². The van der Waals surface area contributed by atoms with Crippen LogP contribution in [-0.4, -0.2) is 51.0 Å². The van der Waals surface area contributed by atoms with E-state index in [1.807, 2.05) is 54.6 Å². The number of aromatic nitrogens is 4. The number of para-hydroxylation sites is 2. The van der Waals surface area contributed by atoms with Gasteiger partial charge in [0.05, 0.1) is 12.1 Å². The molecule has 2 aromatic heterocycles. The monoisotopic (exact) mass is 397 g/mol. The van der Waals surface area contributed by atoms with Crippen molar-refractivity contribution in [3.05, 3.63) is 78.9 Å². The second kappa shape index (κ2) is 8.42. The van der Waals surface area contributed by atoms with Crippen molar-refractivity contribution in [1.29, 1.82) is 0 Å². The molecule has 2 aromatic carbocycles. The molecule has 0 bridgehead atoms. The minimum absolute atomic E-state index is 0.720. The summed E-state index contributed by atoms with van der Waals surface area (Å²) in [5.41, 5.74) is 1.97. The summed E-state index contributed by atoms with van der Waals surface area (Å²) in [4.78, 5) is 23.0. The van der Waals surface area contributed by atoms with Crippen molar-refractivity contribution in [2.75, 3.05) is 36.4 Å². The van der Waals surface area contributed by atoms with Crippen LogP contribution >= 0.6 is 0 Å². The molecule has 0 unspecified atom stereocenters. The fourth-order valence-corrected chi connectivity index (χ4v) is 3.71. The second-order valence-corrected chi connectivity index (χ2v) is 7.31. The number of fused-ring (bicyclic) bond motifs is 1. The van der Waals surface area contributed by atoms with Crippen LogP contribution in [0.15, 0.2) is 73.1 Å². The lowest BCUT2D eigenvalue weighted by atomic mass is 10.2. The summed E-state index contributed by atoms with van der Waals surface area (Å²) in [5.74, 6) is 2.48. The molecule has 4 aromatic rings. The molecule has 30 heavy (non-hydrogen) atoms. The molecule has 1 aliphatic heterocycles. The number of nitrogens with one attached hydrogen (secondary N) is 1. The van der Waals surface area contributed by atoms with Gasteiger partial charge >= 0.3 is 0 Å². The highest BCUT2D eigenvalue weighted by molar-refractivity contribution is 5.90. The third-order valence-electron chi connectivity index (χ3n) is 5.26. The standard InChI is InChI=1S/C23H23N7/c1-2-7-18(8-3-1)26-22-19-9-4-5-10-20(19)27-21(28-22)17-29-13-15-30(16-14-29)23-24-11-6-12-25-23/h1-12H,13-17H2,(H,26,27,28). The molecule has 0 saturated carbocycles. The van der Waals surface area contributed by atoms with Crippen LogP contribution in [0.3, 0.4) is 0 Å². The van der Waals surface area contributed by atoms with E-state index in [0.29, 0.717) is 0 Å². The second-order valence-electron chi connectivity index (χ2n) is 7.31. The van der Waals surface area contributed by atoms with Gasteiger partial charge < -0.3 is 10.2 Å². The molecule has 1 saturated heterocycles. The van der Waals surface area contributed by atoms with Gasteiger partial charge in [0, 0.05) is 49.6 Å². The molecule has 1 fully saturated rings. The molecule has 150 valence electrons. The van der Waals surface area contributed by atoms with Crippen molar-refractivity contribution >= 4 is 28.4 Å². The van der Waals surface area contributed by atoms with E-state index in [0.717, 1.165) is 66.9 Å². The first-order valence-electron chi connectivity index (χ1n) is 10.2. The predicted octanol–water partition coefficient (Wildman–Crippen LogP) is 3.49. The fourth-order valence-electron chi connectivity index (χ4n) is 3.71. The Bertz CT molecular complexity index is 1110. The number of benzene rings is 2. The van der Waals surface area contributed by atoms with E-state index >= 15 is 0 Å². The highest BCUT2D eigenvalue weighted by Gasteiger charge is 2.20. The van der Waals surface area contributed by atoms with Gasteiger partial charge in [-0.15, -0.1) is 0 Å². The van der Waals surface area contributed by atoms with Crippen molar-refractivity contribution in [1.82, 2.24) is 24.8 Å². The summed E-state index contributed by atoms with van der Waals surface area (Å²) in [6.45, 7) is 4.36. The van der Waals surface area contributed by atoms with Crippen molar-refractivity contribution in [3.8, 4) is 0 Å². The Morgan fingerprint density at radius 1 is 0.767 bits per heavy atom. The number of hydrogen-bond acceptors (Lipinski definition) is 7. The van der Waals surface area contributed by atoms with Gasteiger partial charge in [0.15, 0.2) is 0 Å². The van der Waals surface area contributed by atoms with E-state index in [9.17, 15) is 0 Å². The molecule has 1 N–H and O–H groups in total. The Morgan fingerprint density at radius 2 is 1.50 bits per heavy atom. The average molecular weight is 397 g/mol. The quantitative estimate of drug-likeness (QED) is 0.553. The van der Waals surface area contributed by atoms with E-state index in [2.05, 4.69) is 31.2 Å². The lowest BCUT2D eigenvalue weighted by Gasteiger charge is -2.34. The molecule has 3 heterocycles. The fraction of sp³-hybridized carbons (Fsp3) is 0.217. The lowest BCUT2D eigenvalue weighted by molar-refractivity contribution is 0.243. The van der Waals surface area contributed by atoms with Gasteiger partial charge in [-0.25, -0.2) is 19.9 Å². The van der Waals surface area contributed by atoms with Crippen molar-refractivity contribution < 1.29 is 0 Å². The summed E-state index contributed by atoms with van der Waals surface area (Å²) < 4.78 is 0. The highest BCUT2D eigenvalue weighted by atomic mass is 15.3. The zero-order valence-electron chi connectivity index (χ0n) is 16.6. The topological polar surface area (TPSA) is 70.1 Å². The van der Waals surface area contributed by atoms with Crippen molar-refractivity contribution in [3.63, 3.8) is 0 Å². The van der Waals surface area contributed by atoms with Crippen LogP contribution in [0.4, 0.5) is 17.5 Å². The number of rotatable bonds is 5. The van der Waals surface area contributed by atoms with Gasteiger partial charge in [0.2, 0.25) is 5.95 Å². The molecular weight excluding hydrogens is 374 g/mol. The molecule has 0 aliphatic carbocycles. The first-order chi connectivity index (χ1) is 14.8. The maximum atomic E-state index is 4.87. The van der Waals surface area contributed by atoms with Gasteiger partial charge in [-0.05, 0) is 30.3 Å². The molecule has 7 heteroatoms. The van der Waals surface area contributed by atoms with Crippen LogP contribution in [0, 0.1) is 0 Å². The minimum atomic E-state index is 0.720. The lowest BCUT2D eigenvalue weighted by Crippen LogP contribution is -2.46. The van der Waals surface area contributed by atoms with Gasteiger partial charge in [-0.3, -0.25) is 4.90 Å². The third kappa shape index (κ3) is 4.06. The predicted molar refractivity (Wildman–Crippen MR) is 119 cm³/mol. The maximum Gasteiger partial charge on any atom is 0.225 e. The first kappa shape index (κ1) is 18.4. The Kier molecular flexibility index (Phi) is 5.18. The molecule has 5 rings (SSSR count). The van der Waals surface area contributed by atoms with Crippen LogP contribution in [0.5, 0.6) is 0 Å². The minimum Gasteiger partial charge on any atom is -0.340 e. The highest BCUT2D eigenvalue weighted by Crippen LogP contribution is 2.24. The van der Waals surface area contributed by atoms with Crippen molar-refractivity contribution in [2.45, 2.75) is 6.54 Å². The van der Waals surface area contributed by atoms with Gasteiger partial charge in [-0.1, -0.05) is 30.3 Å². The SMILES string of the molecule is c1ccc(Nc2nc(CN3CCN(c4ncccn4)CC3)nc3ccccc23)cc1. The van der Waals surface area contributed by atoms with E-state index in [4.69, 9.17) is 9.97 Å². The van der Waals surface area contributed by atoms with E-state index in [1.54, 1.807) is 12.4 Å². The van der Waals surface area contributed by atoms with Crippen LogP contribution in [0.25, 0.3) is 10.9 Å². The maximum absolute atomic E-state index is 4.87. The largest absolute Gasteiger partial charge is 0.340 e. The van der Waals surface area contributed by atoms with Crippen molar-refractivity contribution in [2.24, 2.45) is 0 Å². The number of hydrogen-bond donors (Lipinski definition) is 1. The first-order valence-corrected chi connectivity index (χ1v) is 10.2. The summed E-state index contributed by atoms with van der Waals surface area (Å²) >= 11 is 0. The molecule has 0 atom stereocenters. The smallest absolute Gasteiger partial charge is 0.225 e. The van der Waals surface area contributed by atoms with Crippen LogP contribution in [-0.2, 0) is 6.54 Å². The Balaban J connectivity index is 1.34. The number of nitrogens with zero attached hydrogens (tertiary/aromatic N) is 6. The summed E-state index contributed by atoms with van der Waals surface area (Å²) in [7, 11) is 0. The zero-order chi connectivity index (χ0) is 20.2. The molecular formula is C23H23N7. The Morgan fingerprint density at radius 3 is 2.30 bits per heavy atom. The molecule has 0 amide bonds. The van der Waals surface area contributed by atoms with Crippen LogP contribution in [0.2, 0.25) is 0 Å². The van der Waals surface area contributed by atoms with Gasteiger partial charge in [-0.2, -0.15) is 0 Å². The van der Waals surface area contributed by atoms with Gasteiger partial charge in [0.1, 0.15) is 11.6 Å². The zero-order valence-corrected chi connectivity index (χ0v) is 16.6. The number of piperazine rings is 1. The number of anilines is 3.